The molecule has 1 aromatic heterocycles. The first-order valence-corrected chi connectivity index (χ1v) is 9.09. The highest BCUT2D eigenvalue weighted by molar-refractivity contribution is 5.79. The number of aromatic nitrogens is 1. The van der Waals surface area contributed by atoms with Crippen molar-refractivity contribution < 1.29 is 14.3 Å². The molecule has 0 aliphatic carbocycles. The first kappa shape index (κ1) is 19.6. The summed E-state index contributed by atoms with van der Waals surface area (Å²) < 4.78 is 10.5. The summed E-state index contributed by atoms with van der Waals surface area (Å²) in [5, 5.41) is 4.05. The van der Waals surface area contributed by atoms with E-state index in [4.69, 9.17) is 9.47 Å². The maximum Gasteiger partial charge on any atom is 0.234 e. The summed E-state index contributed by atoms with van der Waals surface area (Å²) in [5.74, 6) is 1.29. The highest BCUT2D eigenvalue weighted by atomic mass is 16.5. The lowest BCUT2D eigenvalue weighted by atomic mass is 10.1. The quantitative estimate of drug-likeness (QED) is 0.652. The molecule has 6 nitrogen and oxygen atoms in total. The van der Waals surface area contributed by atoms with Crippen LogP contribution in [0.5, 0.6) is 11.5 Å². The van der Waals surface area contributed by atoms with Crippen LogP contribution in [-0.2, 0) is 17.9 Å². The summed E-state index contributed by atoms with van der Waals surface area (Å²) in [6.07, 6.45) is 1.79. The Morgan fingerprint density at radius 1 is 1.04 bits per heavy atom. The lowest BCUT2D eigenvalue weighted by Gasteiger charge is -2.17. The second kappa shape index (κ2) is 9.19. The number of carbonyl (C=O) groups is 1. The third kappa shape index (κ3) is 4.98. The molecule has 0 radical (unpaired) electrons. The fourth-order valence-electron chi connectivity index (χ4n) is 3.08. The highest BCUT2D eigenvalue weighted by Crippen LogP contribution is 2.27. The largest absolute Gasteiger partial charge is 0.493 e. The minimum Gasteiger partial charge on any atom is -0.493 e. The Balaban J connectivity index is 1.52. The van der Waals surface area contributed by atoms with E-state index in [0.717, 1.165) is 22.0 Å². The predicted molar refractivity (Wildman–Crippen MR) is 109 cm³/mol. The Morgan fingerprint density at radius 3 is 2.61 bits per heavy atom. The summed E-state index contributed by atoms with van der Waals surface area (Å²) in [6, 6.07) is 15.8. The number of carbonyl (C=O) groups excluding carboxylic acids is 1. The maximum atomic E-state index is 12.3. The number of hydrogen-bond acceptors (Lipinski definition) is 5. The normalized spacial score (nSPS) is 10.9. The molecule has 1 heterocycles. The minimum absolute atomic E-state index is 0.0280. The fourth-order valence-corrected chi connectivity index (χ4v) is 3.08. The van der Waals surface area contributed by atoms with Crippen LogP contribution in [0, 0.1) is 0 Å². The summed E-state index contributed by atoms with van der Waals surface area (Å²) in [5.41, 5.74) is 3.08. The van der Waals surface area contributed by atoms with Gasteiger partial charge in [0.25, 0.3) is 0 Å². The van der Waals surface area contributed by atoms with Gasteiger partial charge in [-0.1, -0.05) is 18.2 Å². The Kier molecular flexibility index (Phi) is 6.45. The molecular weight excluding hydrogens is 354 g/mol. The number of ether oxygens (including phenoxy) is 2. The van der Waals surface area contributed by atoms with Crippen LogP contribution in [0.3, 0.4) is 0 Å². The zero-order valence-corrected chi connectivity index (χ0v) is 16.4. The van der Waals surface area contributed by atoms with Crippen LogP contribution in [0.2, 0.25) is 0 Å². The molecule has 28 heavy (non-hydrogen) atoms. The van der Waals surface area contributed by atoms with E-state index in [0.29, 0.717) is 31.1 Å². The van der Waals surface area contributed by atoms with E-state index in [2.05, 4.69) is 16.4 Å². The molecule has 1 amide bonds. The number of benzene rings is 2. The van der Waals surface area contributed by atoms with Gasteiger partial charge in [-0.3, -0.25) is 14.7 Å². The number of fused-ring (bicyclic) bond motifs is 1. The molecule has 2 aromatic carbocycles. The van der Waals surface area contributed by atoms with Crippen molar-refractivity contribution in [2.24, 2.45) is 0 Å². The number of likely N-dealkylation sites (N-methyl/N-ethyl adjacent to an activating group) is 1. The molecule has 0 aliphatic heterocycles. The smallest absolute Gasteiger partial charge is 0.234 e. The Hall–Kier alpha value is -3.12. The molecule has 0 bridgehead atoms. The summed E-state index contributed by atoms with van der Waals surface area (Å²) in [4.78, 5) is 18.6. The molecule has 0 unspecified atom stereocenters. The van der Waals surface area contributed by atoms with Crippen LogP contribution >= 0.6 is 0 Å². The van der Waals surface area contributed by atoms with Crippen molar-refractivity contribution in [1.82, 2.24) is 15.2 Å². The molecular formula is C22H25N3O3. The van der Waals surface area contributed by atoms with Crippen LogP contribution in [0.15, 0.2) is 54.7 Å². The Bertz CT molecular complexity index is 959. The molecule has 1 N–H and O–H groups in total. The summed E-state index contributed by atoms with van der Waals surface area (Å²) in [7, 11) is 5.13. The minimum atomic E-state index is -0.0280. The molecule has 0 fully saturated rings. The van der Waals surface area contributed by atoms with Gasteiger partial charge in [0.1, 0.15) is 0 Å². The van der Waals surface area contributed by atoms with Crippen molar-refractivity contribution in [2.45, 2.75) is 13.1 Å². The van der Waals surface area contributed by atoms with E-state index in [-0.39, 0.29) is 5.91 Å². The number of rotatable bonds is 8. The molecule has 3 rings (SSSR count). The number of nitrogens with one attached hydrogen (secondary N) is 1. The van der Waals surface area contributed by atoms with Gasteiger partial charge in [-0.2, -0.15) is 0 Å². The second-order valence-corrected chi connectivity index (χ2v) is 6.67. The third-order valence-corrected chi connectivity index (χ3v) is 4.47. The van der Waals surface area contributed by atoms with Gasteiger partial charge in [0, 0.05) is 24.7 Å². The van der Waals surface area contributed by atoms with Crippen LogP contribution in [0.4, 0.5) is 0 Å². The summed E-state index contributed by atoms with van der Waals surface area (Å²) >= 11 is 0. The number of hydrogen-bond donors (Lipinski definition) is 1. The molecule has 0 saturated heterocycles. The Labute approximate surface area is 165 Å². The SMILES string of the molecule is COc1ccc(CNC(=O)CN(C)Cc2ccc3ncccc3c2)cc1OC. The standard InChI is InChI=1S/C22H25N3O3/c1-25(14-17-6-8-19-18(11-17)5-4-10-23-19)15-22(26)24-13-16-7-9-20(27-2)21(12-16)28-3/h4-12H,13-15H2,1-3H3,(H,24,26). The van der Waals surface area contributed by atoms with Crippen LogP contribution in [0.25, 0.3) is 10.9 Å². The lowest BCUT2D eigenvalue weighted by molar-refractivity contribution is -0.122. The van der Waals surface area contributed by atoms with Crippen molar-refractivity contribution in [3.8, 4) is 11.5 Å². The molecule has 0 saturated carbocycles. The average Bonchev–Trinajstić information content (AvgIpc) is 2.71. The summed E-state index contributed by atoms with van der Waals surface area (Å²) in [6.45, 7) is 1.45. The highest BCUT2D eigenvalue weighted by Gasteiger charge is 2.09. The van der Waals surface area contributed by atoms with Gasteiger partial charge in [-0.05, 0) is 48.5 Å². The fraction of sp³-hybridized carbons (Fsp3) is 0.273. The van der Waals surface area contributed by atoms with Crippen molar-refractivity contribution in [2.75, 3.05) is 27.8 Å². The molecule has 6 heteroatoms. The van der Waals surface area contributed by atoms with Gasteiger partial charge in [-0.15, -0.1) is 0 Å². The maximum absolute atomic E-state index is 12.3. The zero-order chi connectivity index (χ0) is 19.9. The molecule has 3 aromatic rings. The van der Waals surface area contributed by atoms with Gasteiger partial charge < -0.3 is 14.8 Å². The predicted octanol–water partition coefficient (Wildman–Crippen LogP) is 3.00. The van der Waals surface area contributed by atoms with Gasteiger partial charge in [-0.25, -0.2) is 0 Å². The van der Waals surface area contributed by atoms with E-state index in [1.807, 2.05) is 54.4 Å². The zero-order valence-electron chi connectivity index (χ0n) is 16.4. The van der Waals surface area contributed by atoms with Crippen LogP contribution in [0.1, 0.15) is 11.1 Å². The molecule has 146 valence electrons. The molecule has 0 spiro atoms. The first-order chi connectivity index (χ1) is 13.6. The van der Waals surface area contributed by atoms with E-state index in [1.54, 1.807) is 20.4 Å². The molecule has 0 atom stereocenters. The van der Waals surface area contributed by atoms with E-state index in [1.165, 1.54) is 0 Å². The van der Waals surface area contributed by atoms with E-state index in [9.17, 15) is 4.79 Å². The molecule has 0 aliphatic rings. The van der Waals surface area contributed by atoms with E-state index < -0.39 is 0 Å². The van der Waals surface area contributed by atoms with E-state index >= 15 is 0 Å². The van der Waals surface area contributed by atoms with Gasteiger partial charge in [0.2, 0.25) is 5.91 Å². The monoisotopic (exact) mass is 379 g/mol. The van der Waals surface area contributed by atoms with Crippen LogP contribution < -0.4 is 14.8 Å². The number of methoxy groups -OCH3 is 2. The third-order valence-electron chi connectivity index (χ3n) is 4.47. The van der Waals surface area contributed by atoms with Gasteiger partial charge >= 0.3 is 0 Å². The number of nitrogens with zero attached hydrogens (tertiary/aromatic N) is 2. The second-order valence-electron chi connectivity index (χ2n) is 6.67. The lowest BCUT2D eigenvalue weighted by Crippen LogP contribution is -2.34. The van der Waals surface area contributed by atoms with Crippen molar-refractivity contribution in [3.63, 3.8) is 0 Å². The average molecular weight is 379 g/mol. The van der Waals surface area contributed by atoms with Crippen molar-refractivity contribution in [3.05, 3.63) is 65.9 Å². The Morgan fingerprint density at radius 2 is 1.82 bits per heavy atom. The van der Waals surface area contributed by atoms with Crippen LogP contribution in [-0.4, -0.2) is 43.6 Å². The first-order valence-electron chi connectivity index (χ1n) is 9.09. The van der Waals surface area contributed by atoms with Crippen molar-refractivity contribution >= 4 is 16.8 Å². The number of pyridine rings is 1. The van der Waals surface area contributed by atoms with Gasteiger partial charge in [0.05, 0.1) is 26.3 Å². The van der Waals surface area contributed by atoms with Gasteiger partial charge in [0.15, 0.2) is 11.5 Å². The topological polar surface area (TPSA) is 63.7 Å². The number of amides is 1. The van der Waals surface area contributed by atoms with Crippen molar-refractivity contribution in [1.29, 1.82) is 0 Å².